The number of nitrogens with zero attached hydrogens (tertiary/aromatic N) is 1. The van der Waals surface area contributed by atoms with Gasteiger partial charge in [-0.2, -0.15) is 8.62 Å². The van der Waals surface area contributed by atoms with Gasteiger partial charge in [0.2, 0.25) is 0 Å². The molecule has 160 valence electrons. The molecule has 6 N–H and O–H groups in total. The highest BCUT2D eigenvalue weighted by Crippen LogP contribution is 2.67. The maximum atomic E-state index is 11.9. The van der Waals surface area contributed by atoms with E-state index in [1.54, 1.807) is 0 Å². The van der Waals surface area contributed by atoms with E-state index in [0.717, 1.165) is 6.07 Å². The van der Waals surface area contributed by atoms with E-state index in [1.165, 1.54) is 17.7 Å². The molecule has 0 saturated carbocycles. The van der Waals surface area contributed by atoms with Crippen molar-refractivity contribution in [2.24, 2.45) is 5.92 Å². The highest BCUT2D eigenvalue weighted by Gasteiger charge is 2.48. The quantitative estimate of drug-likeness (QED) is 0.223. The van der Waals surface area contributed by atoms with Gasteiger partial charge in [-0.05, 0) is 12.2 Å². The molecule has 1 saturated heterocycles. The molecule has 1 aliphatic heterocycles. The van der Waals surface area contributed by atoms with E-state index >= 15 is 0 Å². The number of nitrogens with one attached hydrogen (secondary N) is 1. The van der Waals surface area contributed by atoms with Crippen molar-refractivity contribution < 1.29 is 56.3 Å². The number of hydrogen-bond acceptors (Lipinski definition) is 10. The van der Waals surface area contributed by atoms with Crippen LogP contribution in [-0.2, 0) is 31.6 Å². The van der Waals surface area contributed by atoms with Crippen LogP contribution < -0.4 is 5.56 Å². The Bertz CT molecular complexity index is 986. The van der Waals surface area contributed by atoms with Gasteiger partial charge in [-0.15, -0.1) is 0 Å². The summed E-state index contributed by atoms with van der Waals surface area (Å²) in [6.45, 7) is 1.45. The highest BCUT2D eigenvalue weighted by atomic mass is 32.1. The van der Waals surface area contributed by atoms with Crippen molar-refractivity contribution >= 4 is 35.7 Å². The lowest BCUT2D eigenvalue weighted by Crippen LogP contribution is -2.27. The monoisotopic (exact) mass is 484 g/mol. The standard InChI is InChI=1S/C9H15N2O13P3S/c1-4-6(13)8(21-7(4)11-3-2-5(12)10-9(11)28)22-26(17,18)24-27(19,20)23-25(14,15)16/h2-4,6-8,13H,1H3,(H,17,18)(H,19,20)(H,10,12,28)(H2,14,15,16)/t4?,6-,7-,8-/m1/s1. The van der Waals surface area contributed by atoms with Gasteiger partial charge >= 0.3 is 23.5 Å². The summed E-state index contributed by atoms with van der Waals surface area (Å²) in [6.07, 6.45) is -3.28. The first-order valence-electron chi connectivity index (χ1n) is 7.07. The van der Waals surface area contributed by atoms with Gasteiger partial charge in [0.25, 0.3) is 5.56 Å². The number of phosphoric acid groups is 3. The summed E-state index contributed by atoms with van der Waals surface area (Å²) in [5.41, 5.74) is -0.503. The van der Waals surface area contributed by atoms with Crippen LogP contribution in [0, 0.1) is 10.7 Å². The van der Waals surface area contributed by atoms with Crippen LogP contribution in [0.1, 0.15) is 13.2 Å². The van der Waals surface area contributed by atoms with Crippen molar-refractivity contribution in [2.45, 2.75) is 25.5 Å². The average molecular weight is 484 g/mol. The second kappa shape index (κ2) is 8.28. The van der Waals surface area contributed by atoms with Crippen molar-refractivity contribution in [2.75, 3.05) is 0 Å². The average Bonchev–Trinajstić information content (AvgIpc) is 2.71. The van der Waals surface area contributed by atoms with E-state index in [4.69, 9.17) is 31.6 Å². The first kappa shape index (κ1) is 23.7. The predicted octanol–water partition coefficient (Wildman–Crippen LogP) is 0.101. The molecule has 28 heavy (non-hydrogen) atoms. The SMILES string of the molecule is CC1[C@@H](O)[C@@H](OP(=O)(O)OP(=O)(O)OP(=O)(O)O)O[C@H]1n1ccc(=O)[nH]c1=S. The minimum Gasteiger partial charge on any atom is -0.387 e. The Morgan fingerprint density at radius 1 is 1.18 bits per heavy atom. The second-order valence-corrected chi connectivity index (χ2v) is 10.2. The number of phosphoric ester groups is 1. The minimum atomic E-state index is -5.71. The first-order chi connectivity index (χ1) is 12.6. The van der Waals surface area contributed by atoms with E-state index in [2.05, 4.69) is 18.1 Å². The third-order valence-corrected chi connectivity index (χ3v) is 7.43. The Hall–Kier alpha value is -0.570. The molecule has 6 atom stereocenters. The summed E-state index contributed by atoms with van der Waals surface area (Å²) in [4.78, 5) is 49.1. The van der Waals surface area contributed by atoms with Crippen LogP contribution in [0.2, 0.25) is 0 Å². The lowest BCUT2D eigenvalue weighted by Gasteiger charge is -2.20. The summed E-state index contributed by atoms with van der Waals surface area (Å²) in [5, 5.41) is 10.1. The smallest absolute Gasteiger partial charge is 0.387 e. The molecule has 19 heteroatoms. The summed E-state index contributed by atoms with van der Waals surface area (Å²) in [6, 6.07) is 1.11. The number of aliphatic hydroxyl groups is 1. The van der Waals surface area contributed by atoms with Crippen molar-refractivity contribution in [3.63, 3.8) is 0 Å². The highest BCUT2D eigenvalue weighted by molar-refractivity contribution is 7.71. The van der Waals surface area contributed by atoms with Crippen molar-refractivity contribution in [1.82, 2.24) is 9.55 Å². The lowest BCUT2D eigenvalue weighted by atomic mass is 10.1. The summed E-state index contributed by atoms with van der Waals surface area (Å²) in [7, 11) is -16.8. The third kappa shape index (κ3) is 6.21. The number of aliphatic hydroxyl groups excluding tert-OH is 1. The van der Waals surface area contributed by atoms with Gasteiger partial charge in [0.1, 0.15) is 12.3 Å². The van der Waals surface area contributed by atoms with Gasteiger partial charge in [0.15, 0.2) is 11.1 Å². The van der Waals surface area contributed by atoms with Crippen molar-refractivity contribution in [3.8, 4) is 0 Å². The van der Waals surface area contributed by atoms with Crippen LogP contribution in [0.3, 0.4) is 0 Å². The molecule has 0 aromatic carbocycles. The van der Waals surface area contributed by atoms with Crippen molar-refractivity contribution in [1.29, 1.82) is 0 Å². The zero-order chi connectivity index (χ0) is 21.5. The molecule has 0 amide bonds. The van der Waals surface area contributed by atoms with Gasteiger partial charge in [0, 0.05) is 18.2 Å². The largest absolute Gasteiger partial charge is 0.490 e. The van der Waals surface area contributed by atoms with Crippen molar-refractivity contribution in [3.05, 3.63) is 27.4 Å². The number of aromatic nitrogens is 2. The van der Waals surface area contributed by atoms with Gasteiger partial charge in [0.05, 0.1) is 0 Å². The zero-order valence-electron chi connectivity index (χ0n) is 13.7. The summed E-state index contributed by atoms with van der Waals surface area (Å²) >= 11 is 4.95. The van der Waals surface area contributed by atoms with Crippen LogP contribution in [-0.4, -0.2) is 46.6 Å². The Labute approximate surface area is 160 Å². The summed E-state index contributed by atoms with van der Waals surface area (Å²) < 4.78 is 51.8. The van der Waals surface area contributed by atoms with Crippen LogP contribution in [0.5, 0.6) is 0 Å². The molecule has 15 nitrogen and oxygen atoms in total. The van der Waals surface area contributed by atoms with Gasteiger partial charge in [-0.25, -0.2) is 13.7 Å². The molecule has 2 heterocycles. The molecule has 0 aliphatic carbocycles. The lowest BCUT2D eigenvalue weighted by molar-refractivity contribution is -0.134. The number of aromatic amines is 1. The molecule has 0 radical (unpaired) electrons. The molecular formula is C9H15N2O13P3S. The predicted molar refractivity (Wildman–Crippen MR) is 89.9 cm³/mol. The van der Waals surface area contributed by atoms with Gasteiger partial charge in [-0.3, -0.25) is 18.9 Å². The minimum absolute atomic E-state index is 0.0875. The molecule has 1 aromatic rings. The van der Waals surface area contributed by atoms with E-state index in [9.17, 15) is 28.5 Å². The molecule has 1 fully saturated rings. The molecule has 3 unspecified atom stereocenters. The molecule has 2 rings (SSSR count). The topological polar surface area (TPSA) is 227 Å². The number of ether oxygens (including phenoxy) is 1. The van der Waals surface area contributed by atoms with Crippen LogP contribution >= 0.6 is 35.7 Å². The van der Waals surface area contributed by atoms with Crippen LogP contribution in [0.15, 0.2) is 17.1 Å². The maximum Gasteiger partial charge on any atom is 0.490 e. The number of rotatable bonds is 7. The number of H-pyrrole nitrogens is 1. The Balaban J connectivity index is 2.16. The molecular weight excluding hydrogens is 469 g/mol. The Morgan fingerprint density at radius 2 is 1.79 bits per heavy atom. The molecule has 1 aliphatic rings. The fraction of sp³-hybridized carbons (Fsp3) is 0.556. The van der Waals surface area contributed by atoms with Crippen LogP contribution in [0.25, 0.3) is 0 Å². The maximum absolute atomic E-state index is 11.9. The molecule has 1 aromatic heterocycles. The Morgan fingerprint density at radius 3 is 2.32 bits per heavy atom. The third-order valence-electron chi connectivity index (χ3n) is 3.32. The first-order valence-corrected chi connectivity index (χ1v) is 12.0. The second-order valence-electron chi connectivity index (χ2n) is 5.46. The fourth-order valence-electron chi connectivity index (χ4n) is 2.22. The summed E-state index contributed by atoms with van der Waals surface area (Å²) in [5.74, 6) is -0.810. The van der Waals surface area contributed by atoms with E-state index < -0.39 is 53.6 Å². The fourth-order valence-corrected chi connectivity index (χ4v) is 5.58. The zero-order valence-corrected chi connectivity index (χ0v) is 17.2. The van der Waals surface area contributed by atoms with E-state index in [0.29, 0.717) is 0 Å². The molecule has 0 spiro atoms. The Kier molecular flexibility index (Phi) is 7.01. The van der Waals surface area contributed by atoms with Crippen LogP contribution in [0.4, 0.5) is 0 Å². The molecule has 0 bridgehead atoms. The van der Waals surface area contributed by atoms with E-state index in [-0.39, 0.29) is 4.77 Å². The van der Waals surface area contributed by atoms with Gasteiger partial charge in [-0.1, -0.05) is 6.92 Å². The van der Waals surface area contributed by atoms with E-state index in [1.807, 2.05) is 0 Å². The van der Waals surface area contributed by atoms with Gasteiger partial charge < -0.3 is 29.4 Å². The number of hydrogen-bond donors (Lipinski definition) is 6. The normalized spacial score (nSPS) is 29.9.